The SMILES string of the molecule is C#COOC. The van der Waals surface area contributed by atoms with Gasteiger partial charge in [-0.15, -0.1) is 0 Å². The molecule has 0 spiro atoms. The van der Waals surface area contributed by atoms with E-state index in [1.807, 2.05) is 0 Å². The average molecular weight is 72.1 g/mol. The summed E-state index contributed by atoms with van der Waals surface area (Å²) in [6.45, 7) is 0. The third-order valence-corrected chi connectivity index (χ3v) is 0.131. The van der Waals surface area contributed by atoms with E-state index < -0.39 is 0 Å². The predicted molar refractivity (Wildman–Crippen MR) is 16.9 cm³/mol. The Kier molecular flexibility index (Phi) is 2.87. The molecule has 0 radical (unpaired) electrons. The van der Waals surface area contributed by atoms with Crippen LogP contribution >= 0.6 is 0 Å². The first kappa shape index (κ1) is 4.32. The van der Waals surface area contributed by atoms with Crippen LogP contribution in [0.5, 0.6) is 0 Å². The van der Waals surface area contributed by atoms with Crippen molar-refractivity contribution in [1.82, 2.24) is 0 Å². The van der Waals surface area contributed by atoms with Crippen LogP contribution in [-0.2, 0) is 9.78 Å². The minimum absolute atomic E-state index is 1.35. The monoisotopic (exact) mass is 72.0 g/mol. The lowest BCUT2D eigenvalue weighted by Gasteiger charge is -1.79. The molecule has 0 atom stereocenters. The third-order valence-electron chi connectivity index (χ3n) is 0.131. The van der Waals surface area contributed by atoms with Gasteiger partial charge < -0.3 is 0 Å². The van der Waals surface area contributed by atoms with Gasteiger partial charge in [-0.2, -0.15) is 4.89 Å². The van der Waals surface area contributed by atoms with Crippen molar-refractivity contribution in [3.05, 3.63) is 0 Å². The zero-order chi connectivity index (χ0) is 4.12. The zero-order valence-electron chi connectivity index (χ0n) is 2.89. The molecule has 0 aromatic heterocycles. The van der Waals surface area contributed by atoms with Crippen LogP contribution in [0.2, 0.25) is 0 Å². The molecule has 0 aliphatic carbocycles. The zero-order valence-corrected chi connectivity index (χ0v) is 2.89. The second-order valence-electron chi connectivity index (χ2n) is 0.368. The Hall–Kier alpha value is -0.680. The molecule has 0 rings (SSSR count). The molecule has 0 bridgehead atoms. The molecule has 0 aliphatic rings. The smallest absolute Gasteiger partial charge is 0.153 e. The van der Waals surface area contributed by atoms with E-state index in [1.54, 1.807) is 6.11 Å². The van der Waals surface area contributed by atoms with Crippen LogP contribution in [0.1, 0.15) is 0 Å². The van der Waals surface area contributed by atoms with Crippen LogP contribution < -0.4 is 0 Å². The van der Waals surface area contributed by atoms with Crippen molar-refractivity contribution >= 4 is 0 Å². The van der Waals surface area contributed by atoms with E-state index in [0.29, 0.717) is 0 Å². The van der Waals surface area contributed by atoms with Crippen molar-refractivity contribution in [1.29, 1.82) is 0 Å². The molecule has 2 heteroatoms. The molecule has 0 aromatic rings. The highest BCUT2D eigenvalue weighted by atomic mass is 17.2. The molecule has 0 saturated heterocycles. The molecule has 0 amide bonds. The summed E-state index contributed by atoms with van der Waals surface area (Å²) in [5.74, 6) is 0. The highest BCUT2D eigenvalue weighted by Gasteiger charge is 1.54. The second-order valence-corrected chi connectivity index (χ2v) is 0.368. The van der Waals surface area contributed by atoms with Gasteiger partial charge in [0.25, 0.3) is 0 Å². The fraction of sp³-hybridized carbons (Fsp3) is 0.333. The quantitative estimate of drug-likeness (QED) is 0.249. The number of terminal acetylenes is 1. The number of hydrogen-bond acceptors (Lipinski definition) is 2. The fourth-order valence-corrected chi connectivity index (χ4v) is 0.0481. The molecular weight excluding hydrogens is 68.0 g/mol. The minimum Gasteiger partial charge on any atom is -0.283 e. The van der Waals surface area contributed by atoms with Crippen LogP contribution in [0, 0.1) is 12.5 Å². The number of hydrogen-bond donors (Lipinski definition) is 0. The molecule has 5 heavy (non-hydrogen) atoms. The summed E-state index contributed by atoms with van der Waals surface area (Å²) < 4.78 is 0. The molecule has 0 N–H and O–H groups in total. The highest BCUT2D eigenvalue weighted by Crippen LogP contribution is 1.58. The fourth-order valence-electron chi connectivity index (χ4n) is 0.0481. The van der Waals surface area contributed by atoms with Crippen LogP contribution in [0.4, 0.5) is 0 Å². The molecule has 0 fully saturated rings. The van der Waals surface area contributed by atoms with Crippen molar-refractivity contribution in [2.45, 2.75) is 0 Å². The molecule has 0 saturated carbocycles. The minimum atomic E-state index is 1.35. The maximum Gasteiger partial charge on any atom is 0.153 e. The van der Waals surface area contributed by atoms with Crippen molar-refractivity contribution < 1.29 is 9.78 Å². The molecule has 0 unspecified atom stereocenters. The van der Waals surface area contributed by atoms with E-state index in [4.69, 9.17) is 0 Å². The average Bonchev–Trinajstić information content (AvgIpc) is 1.41. The maximum atomic E-state index is 4.54. The summed E-state index contributed by atoms with van der Waals surface area (Å²) in [4.78, 5) is 7.82. The van der Waals surface area contributed by atoms with Crippen LogP contribution in [0.25, 0.3) is 0 Å². The van der Waals surface area contributed by atoms with E-state index in [0.717, 1.165) is 0 Å². The van der Waals surface area contributed by atoms with Gasteiger partial charge in [0.2, 0.25) is 0 Å². The molecule has 0 aromatic carbocycles. The van der Waals surface area contributed by atoms with Gasteiger partial charge in [-0.25, -0.2) is 0 Å². The van der Waals surface area contributed by atoms with Crippen LogP contribution in [0.15, 0.2) is 0 Å². The molecule has 0 aliphatic heterocycles. The lowest BCUT2D eigenvalue weighted by Crippen LogP contribution is -1.72. The topological polar surface area (TPSA) is 18.5 Å². The van der Waals surface area contributed by atoms with E-state index in [9.17, 15) is 0 Å². The molecular formula is C3H4O2. The van der Waals surface area contributed by atoms with Gasteiger partial charge in [-0.05, 0) is 0 Å². The predicted octanol–water partition coefficient (Wildman–Crippen LogP) is 0.155. The first-order chi connectivity index (χ1) is 2.41. The third kappa shape index (κ3) is 3.32. The largest absolute Gasteiger partial charge is 0.283 e. The maximum absolute atomic E-state index is 4.54. The summed E-state index contributed by atoms with van der Waals surface area (Å²) in [6, 6.07) is 0. The Morgan fingerprint density at radius 2 is 2.40 bits per heavy atom. The number of rotatable bonds is 1. The standard InChI is InChI=1S/C3H4O2/c1-3-5-4-2/h1H,2H3. The van der Waals surface area contributed by atoms with Crippen molar-refractivity contribution in [2.24, 2.45) is 0 Å². The first-order valence-corrected chi connectivity index (χ1v) is 1.07. The molecule has 2 nitrogen and oxygen atoms in total. The summed E-state index contributed by atoms with van der Waals surface area (Å²) >= 11 is 0. The summed E-state index contributed by atoms with van der Waals surface area (Å²) in [6.07, 6.45) is 6.34. The molecule has 0 heterocycles. The Morgan fingerprint density at radius 1 is 1.80 bits per heavy atom. The Labute approximate surface area is 30.6 Å². The van der Waals surface area contributed by atoms with E-state index >= 15 is 0 Å². The normalized spacial score (nSPS) is 5.60. The molecule has 28 valence electrons. The lowest BCUT2D eigenvalue weighted by atomic mass is 11.3. The van der Waals surface area contributed by atoms with Gasteiger partial charge in [0, 0.05) is 0 Å². The van der Waals surface area contributed by atoms with Crippen LogP contribution in [-0.4, -0.2) is 7.11 Å². The van der Waals surface area contributed by atoms with Gasteiger partial charge in [0.15, 0.2) is 6.11 Å². The summed E-state index contributed by atoms with van der Waals surface area (Å²) in [5, 5.41) is 0. The summed E-state index contributed by atoms with van der Waals surface area (Å²) in [5.41, 5.74) is 0. The van der Waals surface area contributed by atoms with Crippen molar-refractivity contribution in [3.8, 4) is 12.5 Å². The van der Waals surface area contributed by atoms with Crippen LogP contribution in [0.3, 0.4) is 0 Å². The summed E-state index contributed by atoms with van der Waals surface area (Å²) in [7, 11) is 1.35. The van der Waals surface area contributed by atoms with Crippen molar-refractivity contribution in [2.75, 3.05) is 7.11 Å². The Bertz CT molecular complexity index is 43.3. The Morgan fingerprint density at radius 3 is 2.40 bits per heavy atom. The van der Waals surface area contributed by atoms with Gasteiger partial charge in [0.05, 0.1) is 7.11 Å². The van der Waals surface area contributed by atoms with Crippen molar-refractivity contribution in [3.63, 3.8) is 0 Å². The first-order valence-electron chi connectivity index (χ1n) is 1.07. The second kappa shape index (κ2) is 3.32. The highest BCUT2D eigenvalue weighted by molar-refractivity contribution is 4.64. The van der Waals surface area contributed by atoms with Gasteiger partial charge in [-0.3, -0.25) is 4.89 Å². The van der Waals surface area contributed by atoms with Gasteiger partial charge in [0.1, 0.15) is 0 Å². The van der Waals surface area contributed by atoms with Gasteiger partial charge >= 0.3 is 0 Å². The van der Waals surface area contributed by atoms with Gasteiger partial charge in [-0.1, -0.05) is 6.42 Å². The van der Waals surface area contributed by atoms with E-state index in [-0.39, 0.29) is 0 Å². The van der Waals surface area contributed by atoms with E-state index in [2.05, 4.69) is 16.2 Å². The Balaban J connectivity index is 2.48. The van der Waals surface area contributed by atoms with E-state index in [1.165, 1.54) is 7.11 Å². The lowest BCUT2D eigenvalue weighted by molar-refractivity contribution is -0.209.